The molecule has 0 saturated heterocycles. The number of fused-ring (bicyclic) bond motifs is 1. The second kappa shape index (κ2) is 9.77. The fourth-order valence-electron chi connectivity index (χ4n) is 5.40. The maximum Gasteiger partial charge on any atom is 0.416 e. The summed E-state index contributed by atoms with van der Waals surface area (Å²) in [6.45, 7) is 0. The molecule has 2 aliphatic rings. The number of carboxylic acids is 1. The minimum Gasteiger partial charge on any atom is -0.481 e. The van der Waals surface area contributed by atoms with Crippen LogP contribution in [-0.2, 0) is 11.0 Å². The predicted molar refractivity (Wildman–Crippen MR) is 134 cm³/mol. The molecule has 0 unspecified atom stereocenters. The Bertz CT molecular complexity index is 1350. The van der Waals surface area contributed by atoms with Crippen molar-refractivity contribution in [2.45, 2.75) is 57.0 Å². The second-order valence-corrected chi connectivity index (χ2v) is 10.2. The normalized spacial score (nSPS) is 21.1. The van der Waals surface area contributed by atoms with Crippen LogP contribution in [0.5, 0.6) is 0 Å². The van der Waals surface area contributed by atoms with Crippen molar-refractivity contribution in [2.24, 2.45) is 5.92 Å². The number of halogens is 4. The number of imidazole rings is 1. The van der Waals surface area contributed by atoms with Gasteiger partial charge in [-0.05, 0) is 91.3 Å². The lowest BCUT2D eigenvalue weighted by molar-refractivity contribution is -0.138. The van der Waals surface area contributed by atoms with E-state index in [1.54, 1.807) is 0 Å². The Morgan fingerprint density at radius 2 is 1.78 bits per heavy atom. The third-order valence-corrected chi connectivity index (χ3v) is 7.73. The molecule has 188 valence electrons. The van der Waals surface area contributed by atoms with Gasteiger partial charge in [0.15, 0.2) is 0 Å². The first-order valence-electron chi connectivity index (χ1n) is 12.2. The first-order valence-corrected chi connectivity index (χ1v) is 12.5. The van der Waals surface area contributed by atoms with Gasteiger partial charge in [0.25, 0.3) is 0 Å². The number of hydrogen-bond acceptors (Lipinski definition) is 2. The summed E-state index contributed by atoms with van der Waals surface area (Å²) in [6, 6.07) is 12.0. The SMILES string of the molecule is O=C(O)CC1CCC(c2ccc(C3=CC(Cl)=C(c4nc5ccc(C(F)(F)F)cc5[nH]4)CC3)cc2)CC1. The molecule has 0 radical (unpaired) electrons. The first-order chi connectivity index (χ1) is 17.2. The standard InChI is InChI=1S/C28H26ClF3N2O2/c29-23-14-20(19-7-5-18(6-8-19)17-3-1-16(2-4-17)13-26(35)36)9-11-22(23)27-33-24-12-10-21(28(30,31)32)15-25(24)34-27/h5-8,10,12,14-17H,1-4,9,11,13H2,(H,33,34)(H,35,36). The highest BCUT2D eigenvalue weighted by atomic mass is 35.5. The monoisotopic (exact) mass is 514 g/mol. The van der Waals surface area contributed by atoms with Crippen LogP contribution in [0.2, 0.25) is 0 Å². The quantitative estimate of drug-likeness (QED) is 0.361. The van der Waals surface area contributed by atoms with E-state index in [0.29, 0.717) is 34.2 Å². The van der Waals surface area contributed by atoms with Gasteiger partial charge in [-0.2, -0.15) is 13.2 Å². The zero-order chi connectivity index (χ0) is 25.4. The molecule has 2 N–H and O–H groups in total. The van der Waals surface area contributed by atoms with Crippen molar-refractivity contribution in [3.8, 4) is 0 Å². The number of carbonyl (C=O) groups is 1. The fourth-order valence-corrected chi connectivity index (χ4v) is 5.71. The number of alkyl halides is 3. The molecule has 0 amide bonds. The van der Waals surface area contributed by atoms with Gasteiger partial charge in [0.1, 0.15) is 5.82 Å². The number of carboxylic acid groups (broad SMARTS) is 1. The summed E-state index contributed by atoms with van der Waals surface area (Å²) in [5, 5.41) is 9.55. The maximum atomic E-state index is 13.0. The molecule has 0 atom stereocenters. The summed E-state index contributed by atoms with van der Waals surface area (Å²) >= 11 is 6.62. The molecule has 1 aromatic heterocycles. The molecule has 3 aromatic rings. The van der Waals surface area contributed by atoms with E-state index in [-0.39, 0.29) is 12.3 Å². The van der Waals surface area contributed by atoms with Gasteiger partial charge in [-0.25, -0.2) is 4.98 Å². The zero-order valence-corrected chi connectivity index (χ0v) is 20.3. The van der Waals surface area contributed by atoms with Crippen LogP contribution < -0.4 is 0 Å². The van der Waals surface area contributed by atoms with Crippen molar-refractivity contribution in [2.75, 3.05) is 0 Å². The van der Waals surface area contributed by atoms with Gasteiger partial charge in [0, 0.05) is 17.0 Å². The number of aromatic nitrogens is 2. The molecule has 1 heterocycles. The molecular weight excluding hydrogens is 489 g/mol. The number of aromatic amines is 1. The molecule has 36 heavy (non-hydrogen) atoms. The highest BCUT2D eigenvalue weighted by molar-refractivity contribution is 6.35. The summed E-state index contributed by atoms with van der Waals surface area (Å²) in [5.74, 6) is 0.534. The van der Waals surface area contributed by atoms with E-state index in [0.717, 1.165) is 60.9 Å². The molecule has 5 rings (SSSR count). The average molecular weight is 515 g/mol. The van der Waals surface area contributed by atoms with Gasteiger partial charge in [0.2, 0.25) is 0 Å². The van der Waals surface area contributed by atoms with Crippen LogP contribution in [-0.4, -0.2) is 21.0 Å². The molecule has 0 aliphatic heterocycles. The summed E-state index contributed by atoms with van der Waals surface area (Å²) in [5.41, 5.74) is 4.36. The minimum atomic E-state index is -4.41. The van der Waals surface area contributed by atoms with Crippen LogP contribution in [0.1, 0.15) is 73.4 Å². The lowest BCUT2D eigenvalue weighted by atomic mass is 9.77. The Morgan fingerprint density at radius 3 is 2.42 bits per heavy atom. The van der Waals surface area contributed by atoms with Crippen molar-refractivity contribution in [1.29, 1.82) is 0 Å². The van der Waals surface area contributed by atoms with E-state index in [1.165, 1.54) is 11.6 Å². The Labute approximate surface area is 211 Å². The summed E-state index contributed by atoms with van der Waals surface area (Å²) in [7, 11) is 0. The Morgan fingerprint density at radius 1 is 1.06 bits per heavy atom. The molecule has 2 aliphatic carbocycles. The summed E-state index contributed by atoms with van der Waals surface area (Å²) in [4.78, 5) is 18.4. The number of allylic oxidation sites excluding steroid dienone is 4. The van der Waals surface area contributed by atoms with E-state index in [1.807, 2.05) is 6.08 Å². The van der Waals surface area contributed by atoms with E-state index in [4.69, 9.17) is 16.7 Å². The van der Waals surface area contributed by atoms with Crippen LogP contribution >= 0.6 is 11.6 Å². The fraction of sp³-hybridized carbons (Fsp3) is 0.357. The van der Waals surface area contributed by atoms with Crippen LogP contribution in [0.4, 0.5) is 13.2 Å². The van der Waals surface area contributed by atoms with Crippen LogP contribution in [0.15, 0.2) is 53.6 Å². The third-order valence-electron chi connectivity index (χ3n) is 7.39. The number of H-pyrrole nitrogens is 1. The van der Waals surface area contributed by atoms with E-state index in [9.17, 15) is 18.0 Å². The topological polar surface area (TPSA) is 66.0 Å². The highest BCUT2D eigenvalue weighted by Crippen LogP contribution is 2.40. The van der Waals surface area contributed by atoms with Gasteiger partial charge in [0.05, 0.1) is 16.6 Å². The molecule has 2 aromatic carbocycles. The Balaban J connectivity index is 1.31. The smallest absolute Gasteiger partial charge is 0.416 e. The van der Waals surface area contributed by atoms with Crippen molar-refractivity contribution in [3.05, 3.63) is 76.1 Å². The number of hydrogen-bond donors (Lipinski definition) is 2. The number of benzene rings is 2. The summed E-state index contributed by atoms with van der Waals surface area (Å²) in [6.07, 6.45) is 3.08. The molecule has 8 heteroatoms. The Kier molecular flexibility index (Phi) is 6.68. The van der Waals surface area contributed by atoms with Gasteiger partial charge >= 0.3 is 12.1 Å². The van der Waals surface area contributed by atoms with Gasteiger partial charge < -0.3 is 10.1 Å². The highest BCUT2D eigenvalue weighted by Gasteiger charge is 2.31. The van der Waals surface area contributed by atoms with Crippen molar-refractivity contribution >= 4 is 39.7 Å². The number of nitrogens with zero attached hydrogens (tertiary/aromatic N) is 1. The number of aliphatic carboxylic acids is 1. The van der Waals surface area contributed by atoms with E-state index < -0.39 is 17.7 Å². The van der Waals surface area contributed by atoms with Crippen molar-refractivity contribution < 1.29 is 23.1 Å². The minimum absolute atomic E-state index is 0.263. The second-order valence-electron chi connectivity index (χ2n) is 9.75. The van der Waals surface area contributed by atoms with Crippen LogP contribution in [0.25, 0.3) is 22.2 Å². The molecule has 0 spiro atoms. The largest absolute Gasteiger partial charge is 0.481 e. The third kappa shape index (κ3) is 5.21. The molecule has 1 saturated carbocycles. The van der Waals surface area contributed by atoms with E-state index in [2.05, 4.69) is 34.2 Å². The average Bonchev–Trinajstić information content (AvgIpc) is 3.27. The first kappa shape index (κ1) is 24.6. The predicted octanol–water partition coefficient (Wildman–Crippen LogP) is 8.16. The lowest BCUT2D eigenvalue weighted by Gasteiger charge is -2.28. The summed E-state index contributed by atoms with van der Waals surface area (Å²) < 4.78 is 39.1. The molecular formula is C28H26ClF3N2O2. The lowest BCUT2D eigenvalue weighted by Crippen LogP contribution is -2.16. The van der Waals surface area contributed by atoms with E-state index >= 15 is 0 Å². The van der Waals surface area contributed by atoms with Gasteiger partial charge in [-0.3, -0.25) is 4.79 Å². The van der Waals surface area contributed by atoms with Crippen molar-refractivity contribution in [1.82, 2.24) is 9.97 Å². The Hall–Kier alpha value is -3.06. The van der Waals surface area contributed by atoms with Crippen LogP contribution in [0, 0.1) is 5.92 Å². The number of nitrogens with one attached hydrogen (secondary N) is 1. The van der Waals surface area contributed by atoms with Gasteiger partial charge in [-0.1, -0.05) is 35.9 Å². The molecule has 1 fully saturated rings. The van der Waals surface area contributed by atoms with Crippen LogP contribution in [0.3, 0.4) is 0 Å². The van der Waals surface area contributed by atoms with Gasteiger partial charge in [-0.15, -0.1) is 0 Å². The maximum absolute atomic E-state index is 13.0. The number of rotatable bonds is 5. The van der Waals surface area contributed by atoms with Crippen molar-refractivity contribution in [3.63, 3.8) is 0 Å². The zero-order valence-electron chi connectivity index (χ0n) is 19.5. The molecule has 0 bridgehead atoms. The molecule has 4 nitrogen and oxygen atoms in total.